The first-order chi connectivity index (χ1) is 9.89. The average Bonchev–Trinajstić information content (AvgIpc) is 2.41. The largest absolute Gasteiger partial charge is 0.237 e. The number of hydrogen-bond acceptors (Lipinski definition) is 0. The number of unbranched alkanes of at least 4 members (excludes halogenated alkanes) is 5. The van der Waals surface area contributed by atoms with Crippen molar-refractivity contribution >= 4 is 29.6 Å². The topological polar surface area (TPSA) is 0 Å². The fourth-order valence-electron chi connectivity index (χ4n) is 2.51. The summed E-state index contributed by atoms with van der Waals surface area (Å²) >= 11 is 11.7. The molecule has 0 saturated heterocycles. The first kappa shape index (κ1) is 19.1. The molecule has 0 nitrogen and oxygen atoms in total. The summed E-state index contributed by atoms with van der Waals surface area (Å²) in [6.07, 6.45) is 9.04. The first-order valence-corrected chi connectivity index (χ1v) is 12.6. The van der Waals surface area contributed by atoms with Crippen molar-refractivity contribution in [2.24, 2.45) is 0 Å². The van der Waals surface area contributed by atoms with Crippen LogP contribution in [0.15, 0.2) is 24.3 Å². The number of halogens is 2. The van der Waals surface area contributed by atoms with Crippen LogP contribution in [-0.4, -0.2) is 7.42 Å². The molecule has 0 aliphatic carbocycles. The molecule has 0 N–H and O–H groups in total. The maximum atomic E-state index is 5.85. The maximum Gasteiger partial charge on any atom is 0.237 e. The van der Waals surface area contributed by atoms with Gasteiger partial charge >= 0.3 is 0 Å². The van der Waals surface area contributed by atoms with Crippen LogP contribution < -0.4 is 0 Å². The lowest BCUT2D eigenvalue weighted by Gasteiger charge is -2.19. The monoisotopic (exact) mass is 344 g/mol. The highest BCUT2D eigenvalue weighted by Gasteiger charge is 2.12. The molecule has 0 heterocycles. The Balaban J connectivity index is 2.10. The highest BCUT2D eigenvalue weighted by Crippen LogP contribution is 2.22. The zero-order valence-electron chi connectivity index (χ0n) is 13.8. The molecule has 0 aliphatic heterocycles. The van der Waals surface area contributed by atoms with E-state index in [1.54, 1.807) is 0 Å². The third-order valence-electron chi connectivity index (χ3n) is 3.96. The fraction of sp³-hybridized carbons (Fsp3) is 0.667. The van der Waals surface area contributed by atoms with Gasteiger partial charge in [0.15, 0.2) is 0 Å². The Labute approximate surface area is 142 Å². The van der Waals surface area contributed by atoms with Crippen LogP contribution in [0.2, 0.25) is 6.04 Å². The maximum absolute atomic E-state index is 5.85. The van der Waals surface area contributed by atoms with Crippen LogP contribution in [-0.2, 0) is 11.8 Å². The smallest absolute Gasteiger partial charge is 0.150 e. The van der Waals surface area contributed by atoms with Crippen LogP contribution in [0.1, 0.15) is 70.4 Å². The van der Waals surface area contributed by atoms with Crippen LogP contribution in [0.25, 0.3) is 0 Å². The normalized spacial score (nSPS) is 12.1. The summed E-state index contributed by atoms with van der Waals surface area (Å²) in [4.78, 5) is 0. The lowest BCUT2D eigenvalue weighted by molar-refractivity contribution is 0.589. The van der Waals surface area contributed by atoms with Crippen LogP contribution in [0.5, 0.6) is 0 Å². The standard InChI is InChI=1S/C18H30Cl2Si/c1-18(2,3)17-13-11-16(12-14-17)10-8-6-4-5-7-9-15-21(19)20/h11-14,21H,4-10,15H2,1-3H3. The molecular weight excluding hydrogens is 315 g/mol. The SMILES string of the molecule is CC(C)(C)c1ccc(CCCCCCCC[SiH](Cl)Cl)cc1. The Bertz CT molecular complexity index is 379. The Morgan fingerprint density at radius 2 is 1.33 bits per heavy atom. The van der Waals surface area contributed by atoms with E-state index in [4.69, 9.17) is 22.2 Å². The zero-order chi connectivity index (χ0) is 15.7. The Hall–Kier alpha value is 0.0169. The van der Waals surface area contributed by atoms with E-state index in [0.29, 0.717) is 0 Å². The molecule has 0 fully saturated rings. The van der Waals surface area contributed by atoms with Crippen molar-refractivity contribution in [1.82, 2.24) is 0 Å². The van der Waals surface area contributed by atoms with Crippen molar-refractivity contribution in [3.63, 3.8) is 0 Å². The van der Waals surface area contributed by atoms with Crippen LogP contribution in [0.3, 0.4) is 0 Å². The molecule has 0 saturated carbocycles. The Kier molecular flexibility index (Phi) is 9.00. The minimum absolute atomic E-state index is 0.256. The van der Waals surface area contributed by atoms with Gasteiger partial charge in [0.2, 0.25) is 7.42 Å². The molecule has 0 atom stereocenters. The molecule has 0 aliphatic rings. The molecule has 0 spiro atoms. The molecule has 0 bridgehead atoms. The number of aryl methyl sites for hydroxylation is 1. The molecule has 1 rings (SSSR count). The average molecular weight is 345 g/mol. The molecule has 0 unspecified atom stereocenters. The van der Waals surface area contributed by atoms with Crippen molar-refractivity contribution in [2.75, 3.05) is 0 Å². The highest BCUT2D eigenvalue weighted by atomic mass is 35.7. The Morgan fingerprint density at radius 3 is 1.86 bits per heavy atom. The summed E-state index contributed by atoms with van der Waals surface area (Å²) in [5.41, 5.74) is 3.15. The molecule has 120 valence electrons. The number of rotatable bonds is 9. The van der Waals surface area contributed by atoms with Gasteiger partial charge in [0.05, 0.1) is 0 Å². The van der Waals surface area contributed by atoms with E-state index in [1.165, 1.54) is 56.1 Å². The molecular formula is C18H30Cl2Si. The second-order valence-electron chi connectivity index (χ2n) is 7.00. The molecule has 0 amide bonds. The summed E-state index contributed by atoms with van der Waals surface area (Å²) < 4.78 is 0. The van der Waals surface area contributed by atoms with Crippen LogP contribution in [0.4, 0.5) is 0 Å². The van der Waals surface area contributed by atoms with E-state index in [0.717, 1.165) is 6.04 Å². The third-order valence-corrected chi connectivity index (χ3v) is 6.11. The van der Waals surface area contributed by atoms with Crippen molar-refractivity contribution < 1.29 is 0 Å². The summed E-state index contributed by atoms with van der Waals surface area (Å²) in [5, 5.41) is 0. The van der Waals surface area contributed by atoms with Gasteiger partial charge in [-0.15, -0.1) is 0 Å². The Morgan fingerprint density at radius 1 is 0.810 bits per heavy atom. The third kappa shape index (κ3) is 8.90. The van der Waals surface area contributed by atoms with Crippen LogP contribution in [0, 0.1) is 0 Å². The second-order valence-corrected chi connectivity index (χ2v) is 12.2. The van der Waals surface area contributed by atoms with Crippen molar-refractivity contribution in [3.05, 3.63) is 35.4 Å². The highest BCUT2D eigenvalue weighted by molar-refractivity contribution is 7.33. The number of hydrogen-bond donors (Lipinski definition) is 0. The molecule has 0 aromatic heterocycles. The van der Waals surface area contributed by atoms with Gasteiger partial charge < -0.3 is 0 Å². The van der Waals surface area contributed by atoms with Gasteiger partial charge in [0.1, 0.15) is 0 Å². The van der Waals surface area contributed by atoms with Crippen molar-refractivity contribution in [2.45, 2.75) is 77.2 Å². The predicted octanol–water partition coefficient (Wildman–Crippen LogP) is 6.57. The quantitative estimate of drug-likeness (QED) is 0.270. The van der Waals surface area contributed by atoms with E-state index in [2.05, 4.69) is 45.0 Å². The summed E-state index contributed by atoms with van der Waals surface area (Å²) in [7, 11) is -1.35. The minimum atomic E-state index is -1.35. The molecule has 21 heavy (non-hydrogen) atoms. The van der Waals surface area contributed by atoms with Gasteiger partial charge in [-0.3, -0.25) is 0 Å². The lowest BCUT2D eigenvalue weighted by atomic mass is 9.86. The van der Waals surface area contributed by atoms with Gasteiger partial charge in [-0.1, -0.05) is 77.1 Å². The lowest BCUT2D eigenvalue weighted by Crippen LogP contribution is -2.10. The minimum Gasteiger partial charge on any atom is -0.150 e. The molecule has 0 radical (unpaired) electrons. The van der Waals surface area contributed by atoms with E-state index < -0.39 is 7.42 Å². The van der Waals surface area contributed by atoms with Gasteiger partial charge in [-0.2, -0.15) is 22.2 Å². The van der Waals surface area contributed by atoms with Crippen LogP contribution >= 0.6 is 22.2 Å². The summed E-state index contributed by atoms with van der Waals surface area (Å²) in [6.45, 7) is 6.80. The van der Waals surface area contributed by atoms with Gasteiger partial charge in [-0.05, 0) is 35.4 Å². The van der Waals surface area contributed by atoms with E-state index in [-0.39, 0.29) is 5.41 Å². The summed E-state index contributed by atoms with van der Waals surface area (Å²) in [6, 6.07) is 10.2. The second kappa shape index (κ2) is 9.92. The van der Waals surface area contributed by atoms with E-state index in [9.17, 15) is 0 Å². The van der Waals surface area contributed by atoms with Crippen molar-refractivity contribution in [1.29, 1.82) is 0 Å². The zero-order valence-corrected chi connectivity index (χ0v) is 16.5. The van der Waals surface area contributed by atoms with E-state index >= 15 is 0 Å². The van der Waals surface area contributed by atoms with Gasteiger partial charge in [0, 0.05) is 0 Å². The number of benzene rings is 1. The van der Waals surface area contributed by atoms with E-state index in [1.807, 2.05) is 0 Å². The molecule has 3 heteroatoms. The predicted molar refractivity (Wildman–Crippen MR) is 100 cm³/mol. The van der Waals surface area contributed by atoms with Gasteiger partial charge in [0.25, 0.3) is 0 Å². The molecule has 1 aromatic carbocycles. The van der Waals surface area contributed by atoms with Crippen molar-refractivity contribution in [3.8, 4) is 0 Å². The fourth-order valence-corrected chi connectivity index (χ4v) is 4.03. The summed E-state index contributed by atoms with van der Waals surface area (Å²) in [5.74, 6) is 0. The van der Waals surface area contributed by atoms with Gasteiger partial charge in [-0.25, -0.2) is 0 Å². The molecule has 1 aromatic rings. The first-order valence-electron chi connectivity index (χ1n) is 8.27.